The molecule has 0 aliphatic carbocycles. The number of hydrogen-bond acceptors (Lipinski definition) is 11. The van der Waals surface area contributed by atoms with Crippen LogP contribution in [0.5, 0.6) is 0 Å². The van der Waals surface area contributed by atoms with Crippen molar-refractivity contribution < 1.29 is 37.5 Å². The molecule has 11 rings (SSSR count). The molecule has 16 nitrogen and oxygen atoms in total. The molecule has 0 spiro atoms. The summed E-state index contributed by atoms with van der Waals surface area (Å²) in [5.74, 6) is -0.536. The number of halogens is 2. The zero-order valence-electron chi connectivity index (χ0n) is 36.0. The summed E-state index contributed by atoms with van der Waals surface area (Å²) in [4.78, 5) is 77.5. The maximum absolute atomic E-state index is 15.2. The molecular formula is C47H48F2N10O6. The molecule has 0 bridgehead atoms. The molecule has 1 unspecified atom stereocenters. The molecule has 3 fully saturated rings. The van der Waals surface area contributed by atoms with Crippen LogP contribution in [0, 0.1) is 0 Å². The predicted octanol–water partition coefficient (Wildman–Crippen LogP) is 5.20. The van der Waals surface area contributed by atoms with E-state index < -0.39 is 36.1 Å². The lowest BCUT2D eigenvalue weighted by atomic mass is 9.92. The van der Waals surface area contributed by atoms with E-state index in [4.69, 9.17) is 14.8 Å². The Labute approximate surface area is 372 Å². The molecule has 0 radical (unpaired) electrons. The van der Waals surface area contributed by atoms with Crippen molar-refractivity contribution in [1.29, 1.82) is 0 Å². The van der Waals surface area contributed by atoms with Crippen LogP contribution in [-0.2, 0) is 38.5 Å². The third-order valence-corrected chi connectivity index (χ3v) is 14.1. The van der Waals surface area contributed by atoms with Crippen LogP contribution in [0.3, 0.4) is 0 Å². The molecular weight excluding hydrogens is 839 g/mol. The number of fused-ring (bicyclic) bond motifs is 4. The topological polar surface area (TPSA) is 158 Å². The van der Waals surface area contributed by atoms with Gasteiger partial charge in [-0.15, -0.1) is 0 Å². The average molecular weight is 887 g/mol. The van der Waals surface area contributed by atoms with Gasteiger partial charge in [-0.05, 0) is 91.3 Å². The van der Waals surface area contributed by atoms with E-state index in [9.17, 15) is 24.0 Å². The number of benzene rings is 2. The van der Waals surface area contributed by atoms with Gasteiger partial charge in [0.05, 0.1) is 29.9 Å². The van der Waals surface area contributed by atoms with E-state index in [2.05, 4.69) is 24.7 Å². The fraction of sp³-hybridized carbons (Fsp3) is 0.426. The van der Waals surface area contributed by atoms with Gasteiger partial charge in [-0.1, -0.05) is 0 Å². The molecule has 336 valence electrons. The van der Waals surface area contributed by atoms with E-state index >= 15 is 8.78 Å². The summed E-state index contributed by atoms with van der Waals surface area (Å²) in [5.41, 5.74) is 6.74. The van der Waals surface area contributed by atoms with Crippen LogP contribution in [-0.4, -0.2) is 117 Å². The zero-order chi connectivity index (χ0) is 44.7. The first-order valence-electron chi connectivity index (χ1n) is 22.5. The summed E-state index contributed by atoms with van der Waals surface area (Å²) in [5, 5.41) is 7.45. The van der Waals surface area contributed by atoms with Crippen molar-refractivity contribution in [2.24, 2.45) is 0 Å². The smallest absolute Gasteiger partial charge is 0.264 e. The number of imide groups is 2. The minimum absolute atomic E-state index is 0.00275. The molecule has 2 aromatic carbocycles. The summed E-state index contributed by atoms with van der Waals surface area (Å²) in [7, 11) is 0. The minimum atomic E-state index is -2.74. The number of rotatable bonds is 7. The van der Waals surface area contributed by atoms with Gasteiger partial charge in [-0.2, -0.15) is 5.10 Å². The van der Waals surface area contributed by atoms with Crippen molar-refractivity contribution in [3.63, 3.8) is 0 Å². The van der Waals surface area contributed by atoms with Gasteiger partial charge in [0.15, 0.2) is 5.82 Å². The van der Waals surface area contributed by atoms with E-state index in [0.717, 1.165) is 70.4 Å². The lowest BCUT2D eigenvalue weighted by Crippen LogP contribution is -2.54. The molecule has 18 heteroatoms. The average Bonchev–Trinajstić information content (AvgIpc) is 3.99. The van der Waals surface area contributed by atoms with Gasteiger partial charge in [0.1, 0.15) is 17.5 Å². The molecule has 5 aromatic rings. The standard InChI is InChI=1S/C47H48F2N10O6/c1-27(60)55-13-9-37-36(26-55)44(52-59(37)30-10-19-65-20-11-30)56-12-2-3-29-21-33(34(43(48)49)24-39(29)56)28-8-14-57-40(22-28)50-25-42(57)54-17-15-53(16-18-54)31-4-5-32-35(23-31)47(64)58(46(32)63)38-6-7-41(61)51-45(38)62/h4-5,8,14,21-25,30,38,43H,2-3,6-7,9-13,15-20,26H2,1H3,(H,51,61,62). The Bertz CT molecular complexity index is 2810. The monoisotopic (exact) mass is 886 g/mol. The van der Waals surface area contributed by atoms with Crippen molar-refractivity contribution in [2.45, 2.75) is 76.9 Å². The minimum Gasteiger partial charge on any atom is -0.381 e. The highest BCUT2D eigenvalue weighted by Gasteiger charge is 2.45. The molecule has 9 heterocycles. The Balaban J connectivity index is 0.830. The largest absolute Gasteiger partial charge is 0.381 e. The predicted molar refractivity (Wildman–Crippen MR) is 235 cm³/mol. The van der Waals surface area contributed by atoms with Gasteiger partial charge in [0, 0.05) is 107 Å². The van der Waals surface area contributed by atoms with E-state index in [1.807, 2.05) is 39.8 Å². The molecule has 6 aliphatic heterocycles. The van der Waals surface area contributed by atoms with Gasteiger partial charge in [0.2, 0.25) is 17.7 Å². The van der Waals surface area contributed by atoms with Crippen LogP contribution in [0.2, 0.25) is 0 Å². The van der Waals surface area contributed by atoms with Crippen molar-refractivity contribution in [1.82, 2.24) is 34.3 Å². The van der Waals surface area contributed by atoms with E-state index in [1.54, 1.807) is 31.3 Å². The number of nitrogens with one attached hydrogen (secondary N) is 1. The summed E-state index contributed by atoms with van der Waals surface area (Å²) in [6.45, 7) is 7.07. The van der Waals surface area contributed by atoms with Crippen molar-refractivity contribution >= 4 is 58.2 Å². The number of alkyl halides is 2. The number of aromatic nitrogens is 4. The maximum Gasteiger partial charge on any atom is 0.264 e. The molecule has 3 aromatic heterocycles. The van der Waals surface area contributed by atoms with Crippen LogP contribution in [0.25, 0.3) is 16.8 Å². The van der Waals surface area contributed by atoms with Crippen molar-refractivity contribution in [3.05, 3.63) is 88.4 Å². The molecule has 3 saturated heterocycles. The Morgan fingerprint density at radius 2 is 1.63 bits per heavy atom. The highest BCUT2D eigenvalue weighted by atomic mass is 19.3. The first-order chi connectivity index (χ1) is 31.5. The number of piperidine rings is 1. The fourth-order valence-corrected chi connectivity index (χ4v) is 10.7. The molecule has 1 N–H and O–H groups in total. The molecule has 65 heavy (non-hydrogen) atoms. The number of hydrogen-bond donors (Lipinski definition) is 1. The zero-order valence-corrected chi connectivity index (χ0v) is 36.0. The SMILES string of the molecule is CC(=O)N1CCc2c(c(N3CCCc4cc(-c5ccn6c(N7CCN(c8ccc9c(c8)C(=O)N(C8CCC(=O)NC8=O)C9=O)CC7)cnc6c5)c(C(F)F)cc43)nn2C2CCOCC2)C1. The van der Waals surface area contributed by atoms with Gasteiger partial charge in [-0.25, -0.2) is 13.8 Å². The van der Waals surface area contributed by atoms with E-state index in [-0.39, 0.29) is 41.5 Å². The number of carbonyl (C=O) groups excluding carboxylic acids is 5. The summed E-state index contributed by atoms with van der Waals surface area (Å²) >= 11 is 0. The second-order valence-electron chi connectivity index (χ2n) is 17.8. The van der Waals surface area contributed by atoms with Gasteiger partial charge in [0.25, 0.3) is 18.2 Å². The summed E-state index contributed by atoms with van der Waals surface area (Å²) in [6, 6.07) is 11.6. The highest BCUT2D eigenvalue weighted by Crippen LogP contribution is 2.44. The maximum atomic E-state index is 15.2. The number of nitrogens with zero attached hydrogens (tertiary/aromatic N) is 9. The van der Waals surface area contributed by atoms with Gasteiger partial charge < -0.3 is 24.3 Å². The van der Waals surface area contributed by atoms with Gasteiger partial charge in [-0.3, -0.25) is 43.3 Å². The van der Waals surface area contributed by atoms with Crippen molar-refractivity contribution in [2.75, 3.05) is 67.2 Å². The molecule has 0 saturated carbocycles. The summed E-state index contributed by atoms with van der Waals surface area (Å²) in [6.07, 6.45) is 5.02. The van der Waals surface area contributed by atoms with E-state index in [1.165, 1.54) is 0 Å². The second kappa shape index (κ2) is 16.1. The highest BCUT2D eigenvalue weighted by molar-refractivity contribution is 6.23. The Kier molecular flexibility index (Phi) is 10.2. The number of pyridine rings is 1. The third kappa shape index (κ3) is 7.00. The van der Waals surface area contributed by atoms with Crippen LogP contribution >= 0.6 is 0 Å². The number of ether oxygens (including phenoxy) is 1. The first kappa shape index (κ1) is 41.0. The quantitative estimate of drug-likeness (QED) is 0.214. The molecule has 1 atom stereocenters. The number of carbonyl (C=O) groups is 5. The molecule has 6 aliphatic rings. The third-order valence-electron chi connectivity index (χ3n) is 14.1. The van der Waals surface area contributed by atoms with Gasteiger partial charge >= 0.3 is 0 Å². The lowest BCUT2D eigenvalue weighted by molar-refractivity contribution is -0.136. The van der Waals surface area contributed by atoms with Crippen molar-refractivity contribution in [3.8, 4) is 11.1 Å². The van der Waals surface area contributed by atoms with Crippen LogP contribution in [0.4, 0.5) is 31.8 Å². The van der Waals surface area contributed by atoms with Crippen LogP contribution in [0.15, 0.2) is 54.9 Å². The Hall–Kier alpha value is -6.69. The Morgan fingerprint density at radius 1 is 0.846 bits per heavy atom. The van der Waals surface area contributed by atoms with E-state index in [0.29, 0.717) is 82.2 Å². The first-order valence-corrected chi connectivity index (χ1v) is 22.5. The normalized spacial score (nSPS) is 20.5. The number of piperazine rings is 1. The molecule has 5 amide bonds. The lowest BCUT2D eigenvalue weighted by Gasteiger charge is -2.37. The Morgan fingerprint density at radius 3 is 2.40 bits per heavy atom. The van der Waals surface area contributed by atoms with Crippen LogP contribution in [0.1, 0.15) is 94.6 Å². The second-order valence-corrected chi connectivity index (χ2v) is 17.8. The number of aryl methyl sites for hydroxylation is 1. The number of imidazole rings is 1. The van der Waals surface area contributed by atoms with Crippen LogP contribution < -0.4 is 20.0 Å². The summed E-state index contributed by atoms with van der Waals surface area (Å²) < 4.78 is 40.2. The fourth-order valence-electron chi connectivity index (χ4n) is 10.7. The number of amides is 5. The number of anilines is 4.